The maximum absolute atomic E-state index is 13.1. The van der Waals surface area contributed by atoms with Crippen molar-refractivity contribution in [3.63, 3.8) is 0 Å². The first-order valence-electron chi connectivity index (χ1n) is 7.05. The fourth-order valence-electron chi connectivity index (χ4n) is 2.32. The van der Waals surface area contributed by atoms with Crippen LogP contribution in [0.15, 0.2) is 47.4 Å². The van der Waals surface area contributed by atoms with Gasteiger partial charge in [-0.2, -0.15) is 4.31 Å². The number of halogens is 1. The Kier molecular flexibility index (Phi) is 4.83. The fourth-order valence-corrected chi connectivity index (χ4v) is 4.03. The molecule has 2 aromatic carbocycles. The lowest BCUT2D eigenvalue weighted by Crippen LogP contribution is -2.31. The molecule has 4 nitrogen and oxygen atoms in total. The Hall–Kier alpha value is -1.92. The number of anilines is 1. The van der Waals surface area contributed by atoms with Crippen molar-refractivity contribution in [1.29, 1.82) is 0 Å². The van der Waals surface area contributed by atoms with Gasteiger partial charge in [0.2, 0.25) is 10.0 Å². The lowest BCUT2D eigenvalue weighted by Gasteiger charge is -2.21. The fraction of sp³-hybridized carbons (Fsp3) is 0.250. The van der Waals surface area contributed by atoms with Gasteiger partial charge in [0.15, 0.2) is 0 Å². The van der Waals surface area contributed by atoms with E-state index in [2.05, 4.69) is 0 Å². The zero-order chi connectivity index (χ0) is 16.3. The summed E-state index contributed by atoms with van der Waals surface area (Å²) in [5.41, 5.74) is 7.28. The highest BCUT2D eigenvalue weighted by atomic mass is 32.2. The predicted molar refractivity (Wildman–Crippen MR) is 86.4 cm³/mol. The van der Waals surface area contributed by atoms with Crippen molar-refractivity contribution in [2.24, 2.45) is 0 Å². The third-order valence-corrected chi connectivity index (χ3v) is 5.57. The standard InChI is InChI=1S/C16H19FN2O2S/c1-3-19(4-2)22(20,21)16-11-14(18)9-10-15(16)12-5-7-13(17)8-6-12/h5-11H,3-4,18H2,1-2H3. The normalized spacial score (nSPS) is 11.8. The van der Waals surface area contributed by atoms with Crippen LogP contribution in [0.4, 0.5) is 10.1 Å². The van der Waals surface area contributed by atoms with E-state index in [1.807, 2.05) is 0 Å². The van der Waals surface area contributed by atoms with E-state index in [4.69, 9.17) is 5.73 Å². The highest BCUT2D eigenvalue weighted by Gasteiger charge is 2.25. The van der Waals surface area contributed by atoms with Gasteiger partial charge >= 0.3 is 0 Å². The molecular formula is C16H19FN2O2S. The minimum atomic E-state index is -3.65. The molecule has 0 aromatic heterocycles. The molecule has 0 amide bonds. The number of nitrogens with two attached hydrogens (primary N) is 1. The topological polar surface area (TPSA) is 63.4 Å². The Morgan fingerprint density at radius 2 is 1.64 bits per heavy atom. The molecule has 0 saturated carbocycles. The molecule has 0 saturated heterocycles. The summed E-state index contributed by atoms with van der Waals surface area (Å²) < 4.78 is 40.1. The molecule has 0 atom stereocenters. The Balaban J connectivity index is 2.65. The van der Waals surface area contributed by atoms with Gasteiger partial charge in [-0.05, 0) is 29.8 Å². The molecule has 2 N–H and O–H groups in total. The van der Waals surface area contributed by atoms with E-state index in [0.29, 0.717) is 29.9 Å². The van der Waals surface area contributed by atoms with Gasteiger partial charge < -0.3 is 5.73 Å². The average molecular weight is 322 g/mol. The van der Waals surface area contributed by atoms with Gasteiger partial charge in [0, 0.05) is 24.3 Å². The summed E-state index contributed by atoms with van der Waals surface area (Å²) in [4.78, 5) is 0.141. The zero-order valence-electron chi connectivity index (χ0n) is 12.6. The molecule has 2 aromatic rings. The van der Waals surface area contributed by atoms with Crippen LogP contribution in [0.3, 0.4) is 0 Å². The minimum Gasteiger partial charge on any atom is -0.399 e. The van der Waals surface area contributed by atoms with Crippen molar-refractivity contribution in [2.75, 3.05) is 18.8 Å². The minimum absolute atomic E-state index is 0.141. The van der Waals surface area contributed by atoms with Crippen molar-refractivity contribution in [3.05, 3.63) is 48.3 Å². The maximum atomic E-state index is 13.1. The largest absolute Gasteiger partial charge is 0.399 e. The van der Waals surface area contributed by atoms with Crippen molar-refractivity contribution in [1.82, 2.24) is 4.31 Å². The van der Waals surface area contributed by atoms with Crippen LogP contribution in [0.5, 0.6) is 0 Å². The van der Waals surface area contributed by atoms with Crippen LogP contribution in [0.2, 0.25) is 0 Å². The predicted octanol–water partition coefficient (Wildman–Crippen LogP) is 3.11. The number of nitrogens with zero attached hydrogens (tertiary/aromatic N) is 1. The van der Waals surface area contributed by atoms with Gasteiger partial charge in [-0.15, -0.1) is 0 Å². The van der Waals surface area contributed by atoms with Crippen LogP contribution < -0.4 is 5.73 Å². The van der Waals surface area contributed by atoms with Crippen molar-refractivity contribution >= 4 is 15.7 Å². The molecule has 0 radical (unpaired) electrons. The molecule has 118 valence electrons. The Bertz CT molecular complexity index is 754. The molecule has 2 rings (SSSR count). The van der Waals surface area contributed by atoms with E-state index in [9.17, 15) is 12.8 Å². The SMILES string of the molecule is CCN(CC)S(=O)(=O)c1cc(N)ccc1-c1ccc(F)cc1. The van der Waals surface area contributed by atoms with Gasteiger partial charge in [-0.25, -0.2) is 12.8 Å². The summed E-state index contributed by atoms with van der Waals surface area (Å²) in [7, 11) is -3.65. The molecule has 0 fully saturated rings. The van der Waals surface area contributed by atoms with Crippen molar-refractivity contribution in [3.8, 4) is 11.1 Å². The summed E-state index contributed by atoms with van der Waals surface area (Å²) in [5, 5.41) is 0. The van der Waals surface area contributed by atoms with Crippen LogP contribution in [0.25, 0.3) is 11.1 Å². The van der Waals surface area contributed by atoms with Crippen molar-refractivity contribution in [2.45, 2.75) is 18.7 Å². The van der Waals surface area contributed by atoms with Gasteiger partial charge in [0.1, 0.15) is 5.82 Å². The molecule has 0 aliphatic rings. The smallest absolute Gasteiger partial charge is 0.243 e. The highest BCUT2D eigenvalue weighted by Crippen LogP contribution is 2.31. The number of benzene rings is 2. The summed E-state index contributed by atoms with van der Waals surface area (Å²) in [6.07, 6.45) is 0. The molecule has 0 bridgehead atoms. The summed E-state index contributed by atoms with van der Waals surface area (Å²) in [6.45, 7) is 4.31. The lowest BCUT2D eigenvalue weighted by atomic mass is 10.1. The van der Waals surface area contributed by atoms with Gasteiger partial charge in [-0.3, -0.25) is 0 Å². The number of hydrogen-bond donors (Lipinski definition) is 1. The molecular weight excluding hydrogens is 303 g/mol. The van der Waals surface area contributed by atoms with Gasteiger partial charge in [0.05, 0.1) is 4.90 Å². The second-order valence-corrected chi connectivity index (χ2v) is 6.76. The number of hydrogen-bond acceptors (Lipinski definition) is 3. The highest BCUT2D eigenvalue weighted by molar-refractivity contribution is 7.89. The number of nitrogen functional groups attached to an aromatic ring is 1. The third kappa shape index (κ3) is 3.13. The van der Waals surface area contributed by atoms with Crippen LogP contribution in [-0.4, -0.2) is 25.8 Å². The Morgan fingerprint density at radius 1 is 1.05 bits per heavy atom. The molecule has 0 aliphatic carbocycles. The Morgan fingerprint density at radius 3 is 2.18 bits per heavy atom. The molecule has 0 heterocycles. The molecule has 6 heteroatoms. The lowest BCUT2D eigenvalue weighted by molar-refractivity contribution is 0.445. The van der Waals surface area contributed by atoms with Gasteiger partial charge in [0.25, 0.3) is 0 Å². The molecule has 0 unspecified atom stereocenters. The first-order valence-corrected chi connectivity index (χ1v) is 8.49. The quantitative estimate of drug-likeness (QED) is 0.860. The van der Waals surface area contributed by atoms with E-state index in [0.717, 1.165) is 0 Å². The zero-order valence-corrected chi connectivity index (χ0v) is 13.4. The Labute approximate surface area is 130 Å². The first-order chi connectivity index (χ1) is 10.4. The van der Waals surface area contributed by atoms with E-state index < -0.39 is 10.0 Å². The maximum Gasteiger partial charge on any atom is 0.243 e. The molecule has 0 spiro atoms. The van der Waals surface area contributed by atoms with E-state index in [1.165, 1.54) is 22.5 Å². The number of sulfonamides is 1. The van der Waals surface area contributed by atoms with Crippen LogP contribution in [-0.2, 0) is 10.0 Å². The average Bonchev–Trinajstić information content (AvgIpc) is 2.49. The van der Waals surface area contributed by atoms with Crippen molar-refractivity contribution < 1.29 is 12.8 Å². The van der Waals surface area contributed by atoms with Crippen LogP contribution in [0, 0.1) is 5.82 Å². The second kappa shape index (κ2) is 6.46. The van der Waals surface area contributed by atoms with E-state index >= 15 is 0 Å². The third-order valence-electron chi connectivity index (χ3n) is 3.48. The summed E-state index contributed by atoms with van der Waals surface area (Å²) in [5.74, 6) is -0.368. The summed E-state index contributed by atoms with van der Waals surface area (Å²) >= 11 is 0. The van der Waals surface area contributed by atoms with Gasteiger partial charge in [-0.1, -0.05) is 32.0 Å². The van der Waals surface area contributed by atoms with E-state index in [1.54, 1.807) is 38.1 Å². The number of rotatable bonds is 5. The van der Waals surface area contributed by atoms with Crippen LogP contribution >= 0.6 is 0 Å². The molecule has 22 heavy (non-hydrogen) atoms. The molecule has 0 aliphatic heterocycles. The monoisotopic (exact) mass is 322 g/mol. The van der Waals surface area contributed by atoms with E-state index in [-0.39, 0.29) is 10.7 Å². The first kappa shape index (κ1) is 16.5. The second-order valence-electron chi connectivity index (χ2n) is 4.85. The van der Waals surface area contributed by atoms with Crippen LogP contribution in [0.1, 0.15) is 13.8 Å². The summed E-state index contributed by atoms with van der Waals surface area (Å²) in [6, 6.07) is 10.5.